The Labute approximate surface area is 124 Å². The van der Waals surface area contributed by atoms with Crippen molar-refractivity contribution in [2.24, 2.45) is 0 Å². The van der Waals surface area contributed by atoms with E-state index in [0.717, 1.165) is 0 Å². The van der Waals surface area contributed by atoms with Gasteiger partial charge in [0.1, 0.15) is 11.4 Å². The van der Waals surface area contributed by atoms with Crippen LogP contribution < -0.4 is 4.74 Å². The van der Waals surface area contributed by atoms with E-state index in [1.807, 2.05) is 0 Å². The molecule has 2 aromatic rings. The maximum Gasteiger partial charge on any atom is 0.271 e. The zero-order valence-electron chi connectivity index (χ0n) is 11.9. The van der Waals surface area contributed by atoms with Gasteiger partial charge in [0.25, 0.3) is 5.69 Å². The lowest BCUT2D eigenvalue weighted by molar-refractivity contribution is -0.384. The van der Waals surface area contributed by atoms with E-state index in [1.54, 1.807) is 0 Å². The molecular formula is C12H13N5O5. The number of nitrogens with zero attached hydrogens (tertiary/aromatic N) is 5. The fourth-order valence-corrected chi connectivity index (χ4v) is 2.46. The standard InChI is InChI=1S/C12H13N5O5/c1-20-6-12(7-21-2)11-13-14-15-16(11)9-5-8(17(18)19)3-4-10(9)22-12/h3-5H,6-7H2,1-2H3. The van der Waals surface area contributed by atoms with Crippen LogP contribution in [0, 0.1) is 10.1 Å². The molecule has 0 bridgehead atoms. The van der Waals surface area contributed by atoms with Crippen molar-refractivity contribution in [1.82, 2.24) is 20.2 Å². The number of ether oxygens (including phenoxy) is 3. The summed E-state index contributed by atoms with van der Waals surface area (Å²) in [5.74, 6) is 0.781. The maximum absolute atomic E-state index is 10.9. The van der Waals surface area contributed by atoms with Crippen molar-refractivity contribution in [2.45, 2.75) is 5.60 Å². The molecule has 10 heteroatoms. The third-order valence-corrected chi connectivity index (χ3v) is 3.32. The number of hydrogen-bond acceptors (Lipinski definition) is 8. The average molecular weight is 307 g/mol. The molecule has 22 heavy (non-hydrogen) atoms. The molecule has 1 aliphatic rings. The lowest BCUT2D eigenvalue weighted by Crippen LogP contribution is -2.47. The van der Waals surface area contributed by atoms with Gasteiger partial charge in [-0.05, 0) is 16.5 Å². The molecule has 0 unspecified atom stereocenters. The van der Waals surface area contributed by atoms with Gasteiger partial charge in [0.15, 0.2) is 0 Å². The zero-order chi connectivity index (χ0) is 15.7. The van der Waals surface area contributed by atoms with Crippen molar-refractivity contribution in [3.8, 4) is 11.4 Å². The summed E-state index contributed by atoms with van der Waals surface area (Å²) >= 11 is 0. The molecule has 3 rings (SSSR count). The van der Waals surface area contributed by atoms with Crippen molar-refractivity contribution in [3.63, 3.8) is 0 Å². The first-order valence-corrected chi connectivity index (χ1v) is 6.36. The third-order valence-electron chi connectivity index (χ3n) is 3.32. The zero-order valence-corrected chi connectivity index (χ0v) is 11.9. The second-order valence-electron chi connectivity index (χ2n) is 4.79. The van der Waals surface area contributed by atoms with Crippen LogP contribution in [0.3, 0.4) is 0 Å². The minimum atomic E-state index is -1.02. The molecule has 0 amide bonds. The molecule has 10 nitrogen and oxygen atoms in total. The van der Waals surface area contributed by atoms with Crippen LogP contribution in [0.15, 0.2) is 18.2 Å². The highest BCUT2D eigenvalue weighted by atomic mass is 16.6. The van der Waals surface area contributed by atoms with E-state index in [1.165, 1.54) is 37.1 Å². The van der Waals surface area contributed by atoms with E-state index in [4.69, 9.17) is 14.2 Å². The van der Waals surface area contributed by atoms with E-state index >= 15 is 0 Å². The van der Waals surface area contributed by atoms with Crippen molar-refractivity contribution in [2.75, 3.05) is 27.4 Å². The van der Waals surface area contributed by atoms with Gasteiger partial charge >= 0.3 is 0 Å². The first kappa shape index (κ1) is 14.4. The molecule has 1 aromatic carbocycles. The number of nitro groups is 1. The third kappa shape index (κ3) is 2.09. The van der Waals surface area contributed by atoms with Crippen LogP contribution >= 0.6 is 0 Å². The predicted molar refractivity (Wildman–Crippen MR) is 71.9 cm³/mol. The molecule has 0 radical (unpaired) electrons. The van der Waals surface area contributed by atoms with Gasteiger partial charge in [-0.3, -0.25) is 10.1 Å². The minimum absolute atomic E-state index is 0.0743. The Morgan fingerprint density at radius 2 is 2.09 bits per heavy atom. The van der Waals surface area contributed by atoms with Gasteiger partial charge in [0.05, 0.1) is 18.1 Å². The summed E-state index contributed by atoms with van der Waals surface area (Å²) in [6.07, 6.45) is 0. The lowest BCUT2D eigenvalue weighted by atomic mass is 10.0. The second kappa shape index (κ2) is 5.31. The summed E-state index contributed by atoms with van der Waals surface area (Å²) < 4.78 is 17.8. The van der Waals surface area contributed by atoms with E-state index in [2.05, 4.69) is 15.5 Å². The fraction of sp³-hybridized carbons (Fsp3) is 0.417. The molecular weight excluding hydrogens is 294 g/mol. The quantitative estimate of drug-likeness (QED) is 0.577. The van der Waals surface area contributed by atoms with Gasteiger partial charge in [-0.25, -0.2) is 0 Å². The highest BCUT2D eigenvalue weighted by Crippen LogP contribution is 2.39. The Kier molecular flexibility index (Phi) is 3.47. The maximum atomic E-state index is 10.9. The lowest BCUT2D eigenvalue weighted by Gasteiger charge is -2.35. The van der Waals surface area contributed by atoms with Gasteiger partial charge in [-0.1, -0.05) is 0 Å². The monoisotopic (exact) mass is 307 g/mol. The molecule has 0 spiro atoms. The highest BCUT2D eigenvalue weighted by molar-refractivity contribution is 5.55. The molecule has 1 aliphatic heterocycles. The molecule has 0 saturated heterocycles. The first-order chi connectivity index (χ1) is 10.6. The van der Waals surface area contributed by atoms with Gasteiger partial charge in [-0.15, -0.1) is 5.10 Å². The number of non-ortho nitro benzene ring substituents is 1. The van der Waals surface area contributed by atoms with Crippen molar-refractivity contribution >= 4 is 5.69 Å². The summed E-state index contributed by atoms with van der Waals surface area (Å²) in [5.41, 5.74) is -0.692. The van der Waals surface area contributed by atoms with Gasteiger partial charge < -0.3 is 14.2 Å². The summed E-state index contributed by atoms with van der Waals surface area (Å²) in [4.78, 5) is 10.4. The van der Waals surface area contributed by atoms with Gasteiger partial charge in [-0.2, -0.15) is 4.68 Å². The summed E-state index contributed by atoms with van der Waals surface area (Å²) in [7, 11) is 3.06. The largest absolute Gasteiger partial charge is 0.472 e. The van der Waals surface area contributed by atoms with Crippen molar-refractivity contribution in [3.05, 3.63) is 34.1 Å². The predicted octanol–water partition coefficient (Wildman–Crippen LogP) is 0.451. The van der Waals surface area contributed by atoms with Crippen LogP contribution in [0.5, 0.6) is 5.75 Å². The van der Waals surface area contributed by atoms with E-state index < -0.39 is 10.5 Å². The molecule has 116 valence electrons. The number of aromatic nitrogens is 4. The van der Waals surface area contributed by atoms with Crippen LogP contribution in [0.25, 0.3) is 5.69 Å². The Morgan fingerprint density at radius 1 is 1.36 bits per heavy atom. The first-order valence-electron chi connectivity index (χ1n) is 6.36. The molecule has 1 aromatic heterocycles. The second-order valence-corrected chi connectivity index (χ2v) is 4.79. The highest BCUT2D eigenvalue weighted by Gasteiger charge is 2.45. The van der Waals surface area contributed by atoms with Crippen LogP contribution in [0.2, 0.25) is 0 Å². The number of methoxy groups -OCH3 is 2. The van der Waals surface area contributed by atoms with E-state index in [-0.39, 0.29) is 18.9 Å². The van der Waals surface area contributed by atoms with Crippen molar-refractivity contribution in [1.29, 1.82) is 0 Å². The van der Waals surface area contributed by atoms with Crippen LogP contribution in [-0.2, 0) is 15.1 Å². The molecule has 0 N–H and O–H groups in total. The normalized spacial score (nSPS) is 14.8. The van der Waals surface area contributed by atoms with Crippen LogP contribution in [-0.4, -0.2) is 52.6 Å². The Hall–Kier alpha value is -2.59. The molecule has 0 aliphatic carbocycles. The number of rotatable bonds is 5. The average Bonchev–Trinajstić information content (AvgIpc) is 2.98. The number of fused-ring (bicyclic) bond motifs is 3. The number of hydrogen-bond donors (Lipinski definition) is 0. The number of benzene rings is 1. The topological polar surface area (TPSA) is 114 Å². The van der Waals surface area contributed by atoms with Crippen LogP contribution in [0.1, 0.15) is 5.82 Å². The summed E-state index contributed by atoms with van der Waals surface area (Å²) in [6.45, 7) is 0.329. The van der Waals surface area contributed by atoms with Crippen molar-refractivity contribution < 1.29 is 19.1 Å². The van der Waals surface area contributed by atoms with E-state index in [0.29, 0.717) is 17.3 Å². The van der Waals surface area contributed by atoms with E-state index in [9.17, 15) is 10.1 Å². The molecule has 0 saturated carbocycles. The number of tetrazole rings is 1. The minimum Gasteiger partial charge on any atom is -0.472 e. The SMILES string of the molecule is COCC1(COC)Oc2ccc([N+](=O)[O-])cc2-n2nnnc21. The molecule has 2 heterocycles. The fourth-order valence-electron chi connectivity index (χ4n) is 2.46. The summed E-state index contributed by atoms with van der Waals surface area (Å²) in [5, 5.41) is 22.4. The van der Waals surface area contributed by atoms with Gasteiger partial charge in [0, 0.05) is 26.4 Å². The smallest absolute Gasteiger partial charge is 0.271 e. The number of nitro benzene ring substituents is 1. The Morgan fingerprint density at radius 3 is 2.73 bits per heavy atom. The van der Waals surface area contributed by atoms with Gasteiger partial charge in [0.2, 0.25) is 11.4 Å². The Balaban J connectivity index is 2.16. The Bertz CT molecular complexity index is 710. The molecule has 0 atom stereocenters. The molecule has 0 fully saturated rings. The van der Waals surface area contributed by atoms with Crippen LogP contribution in [0.4, 0.5) is 5.69 Å². The summed E-state index contributed by atoms with van der Waals surface area (Å²) in [6, 6.07) is 4.23.